The Hall–Kier alpha value is 0.220. The Morgan fingerprint density at radius 2 is 1.79 bits per heavy atom. The molecule has 4 rings (SSSR count). The lowest BCUT2D eigenvalue weighted by atomic mass is 9.70. The van der Waals surface area contributed by atoms with Gasteiger partial charge < -0.3 is 0 Å². The highest BCUT2D eigenvalue weighted by Gasteiger charge is 2.60. The van der Waals surface area contributed by atoms with Gasteiger partial charge in [-0.3, -0.25) is 0 Å². The molecule has 0 aliphatic heterocycles. The molecule has 0 nitrogen and oxygen atoms in total. The Bertz CT molecular complexity index is 296. The van der Waals surface area contributed by atoms with E-state index in [1.807, 2.05) is 0 Å². The maximum Gasteiger partial charge on any atom is 0.00625 e. The van der Waals surface area contributed by atoms with Crippen LogP contribution in [0.1, 0.15) is 19.3 Å². The highest BCUT2D eigenvalue weighted by Crippen LogP contribution is 2.66. The first-order chi connectivity index (χ1) is 6.88. The van der Waals surface area contributed by atoms with Gasteiger partial charge in [0.1, 0.15) is 0 Å². The van der Waals surface area contributed by atoms with E-state index < -0.39 is 0 Å². The second kappa shape index (κ2) is 2.66. The van der Waals surface area contributed by atoms with Gasteiger partial charge in [0.15, 0.2) is 0 Å². The summed E-state index contributed by atoms with van der Waals surface area (Å²) in [6, 6.07) is 0. The van der Waals surface area contributed by atoms with Crippen LogP contribution in [0.2, 0.25) is 0 Å². The predicted octanol–water partition coefficient (Wildman–Crippen LogP) is 3.48. The van der Waals surface area contributed by atoms with E-state index in [1.165, 1.54) is 18.2 Å². The average Bonchev–Trinajstić information content (AvgIpc) is 2.94. The van der Waals surface area contributed by atoms with Gasteiger partial charge in [0, 0.05) is 5.33 Å². The molecule has 0 aromatic rings. The van der Waals surface area contributed by atoms with Crippen LogP contribution >= 0.6 is 15.9 Å². The number of hydrogen-bond donors (Lipinski definition) is 0. The minimum absolute atomic E-state index is 0.988. The smallest absolute Gasteiger partial charge is 0.00625 e. The van der Waals surface area contributed by atoms with Crippen molar-refractivity contribution in [2.45, 2.75) is 19.3 Å². The van der Waals surface area contributed by atoms with Gasteiger partial charge in [0.2, 0.25) is 0 Å². The van der Waals surface area contributed by atoms with Crippen molar-refractivity contribution < 1.29 is 0 Å². The summed E-state index contributed by atoms with van der Waals surface area (Å²) >= 11 is 3.71. The number of allylic oxidation sites excluding steroid dienone is 2. The standard InChI is InChI=1S/C13H17Br/c14-6-10-4-9-5-11(10)13-8-2-1-7(3-8)12(9)13/h1-2,7-13H,3-6H2. The molecule has 14 heavy (non-hydrogen) atoms. The van der Waals surface area contributed by atoms with Gasteiger partial charge in [-0.2, -0.15) is 0 Å². The molecule has 4 aliphatic rings. The molecular weight excluding hydrogens is 236 g/mol. The van der Waals surface area contributed by atoms with Crippen LogP contribution in [0.5, 0.6) is 0 Å². The van der Waals surface area contributed by atoms with Crippen LogP contribution in [0.4, 0.5) is 0 Å². The van der Waals surface area contributed by atoms with Crippen molar-refractivity contribution in [1.29, 1.82) is 0 Å². The lowest BCUT2D eigenvalue weighted by Crippen LogP contribution is -2.31. The zero-order valence-corrected chi connectivity index (χ0v) is 9.99. The molecule has 1 heteroatoms. The van der Waals surface area contributed by atoms with Gasteiger partial charge in [0.05, 0.1) is 0 Å². The van der Waals surface area contributed by atoms with Crippen molar-refractivity contribution in [3.63, 3.8) is 0 Å². The molecule has 0 aromatic heterocycles. The molecule has 0 N–H and O–H groups in total. The lowest BCUT2D eigenvalue weighted by Gasteiger charge is -2.36. The topological polar surface area (TPSA) is 0 Å². The maximum atomic E-state index is 3.71. The van der Waals surface area contributed by atoms with Crippen LogP contribution in [0.15, 0.2) is 12.2 Å². The fourth-order valence-electron chi connectivity index (χ4n) is 5.33. The second-order valence-electron chi connectivity index (χ2n) is 5.91. The zero-order valence-electron chi connectivity index (χ0n) is 8.40. The van der Waals surface area contributed by atoms with Crippen molar-refractivity contribution >= 4 is 15.9 Å². The number of rotatable bonds is 1. The van der Waals surface area contributed by atoms with E-state index in [1.54, 1.807) is 6.42 Å². The molecule has 0 aromatic carbocycles. The summed E-state index contributed by atoms with van der Waals surface area (Å²) in [6.45, 7) is 0. The summed E-state index contributed by atoms with van der Waals surface area (Å²) in [5.41, 5.74) is 0. The summed E-state index contributed by atoms with van der Waals surface area (Å²) in [5.74, 6) is 7.42. The largest absolute Gasteiger partial charge is 0.0925 e. The van der Waals surface area contributed by atoms with E-state index in [4.69, 9.17) is 0 Å². The molecule has 3 fully saturated rings. The van der Waals surface area contributed by atoms with Crippen LogP contribution in [-0.4, -0.2) is 5.33 Å². The second-order valence-corrected chi connectivity index (χ2v) is 6.56. The van der Waals surface area contributed by atoms with Crippen molar-refractivity contribution in [3.8, 4) is 0 Å². The normalized spacial score (nSPS) is 62.5. The number of fused-ring (bicyclic) bond motifs is 9. The Morgan fingerprint density at radius 1 is 1.00 bits per heavy atom. The number of hydrogen-bond acceptors (Lipinski definition) is 0. The van der Waals surface area contributed by atoms with E-state index in [-0.39, 0.29) is 0 Å². The van der Waals surface area contributed by atoms with E-state index in [9.17, 15) is 0 Å². The van der Waals surface area contributed by atoms with Crippen LogP contribution in [0, 0.1) is 41.4 Å². The average molecular weight is 253 g/mol. The van der Waals surface area contributed by atoms with Crippen molar-refractivity contribution in [2.24, 2.45) is 41.4 Å². The molecule has 4 bridgehead atoms. The van der Waals surface area contributed by atoms with Crippen LogP contribution < -0.4 is 0 Å². The van der Waals surface area contributed by atoms with Gasteiger partial charge in [-0.25, -0.2) is 0 Å². The van der Waals surface area contributed by atoms with Crippen molar-refractivity contribution in [3.05, 3.63) is 12.2 Å². The van der Waals surface area contributed by atoms with Crippen LogP contribution in [-0.2, 0) is 0 Å². The number of halogens is 1. The zero-order chi connectivity index (χ0) is 9.28. The van der Waals surface area contributed by atoms with Gasteiger partial charge >= 0.3 is 0 Å². The SMILES string of the molecule is BrCC1CC2CC1C1C3C=CC(C3)C21. The molecule has 0 spiro atoms. The van der Waals surface area contributed by atoms with Gasteiger partial charge in [-0.1, -0.05) is 28.1 Å². The molecule has 0 amide bonds. The van der Waals surface area contributed by atoms with E-state index >= 15 is 0 Å². The molecule has 7 unspecified atom stereocenters. The first kappa shape index (κ1) is 8.38. The minimum atomic E-state index is 0.988. The fourth-order valence-corrected chi connectivity index (χ4v) is 6.07. The van der Waals surface area contributed by atoms with E-state index in [0.717, 1.165) is 41.4 Å². The summed E-state index contributed by atoms with van der Waals surface area (Å²) in [7, 11) is 0. The fraction of sp³-hybridized carbons (Fsp3) is 0.846. The molecule has 76 valence electrons. The molecule has 4 aliphatic carbocycles. The lowest BCUT2D eigenvalue weighted by molar-refractivity contribution is 0.162. The number of alkyl halides is 1. The van der Waals surface area contributed by atoms with Gasteiger partial charge in [0.25, 0.3) is 0 Å². The Morgan fingerprint density at radius 3 is 2.57 bits per heavy atom. The third-order valence-corrected chi connectivity index (χ3v) is 6.44. The first-order valence-corrected chi connectivity index (χ1v) is 7.25. The third-order valence-electron chi connectivity index (χ3n) is 5.61. The van der Waals surface area contributed by atoms with E-state index in [2.05, 4.69) is 28.1 Å². The molecule has 0 saturated heterocycles. The molecule has 7 atom stereocenters. The highest BCUT2D eigenvalue weighted by atomic mass is 79.9. The Balaban J connectivity index is 1.72. The Labute approximate surface area is 94.3 Å². The highest BCUT2D eigenvalue weighted by molar-refractivity contribution is 9.09. The minimum Gasteiger partial charge on any atom is -0.0925 e. The Kier molecular flexibility index (Phi) is 1.60. The quantitative estimate of drug-likeness (QED) is 0.381. The van der Waals surface area contributed by atoms with E-state index in [0.29, 0.717) is 0 Å². The monoisotopic (exact) mass is 252 g/mol. The van der Waals surface area contributed by atoms with Gasteiger partial charge in [-0.05, 0) is 60.7 Å². The maximum absolute atomic E-state index is 3.71. The van der Waals surface area contributed by atoms with Crippen LogP contribution in [0.3, 0.4) is 0 Å². The van der Waals surface area contributed by atoms with Crippen molar-refractivity contribution in [2.75, 3.05) is 5.33 Å². The molecule has 0 heterocycles. The molecule has 3 saturated carbocycles. The summed E-state index contributed by atoms with van der Waals surface area (Å²) in [5, 5.41) is 1.26. The van der Waals surface area contributed by atoms with Crippen LogP contribution in [0.25, 0.3) is 0 Å². The molecule has 0 radical (unpaired) electrons. The summed E-state index contributed by atoms with van der Waals surface area (Å²) in [6.07, 6.45) is 9.69. The summed E-state index contributed by atoms with van der Waals surface area (Å²) in [4.78, 5) is 0. The van der Waals surface area contributed by atoms with Crippen molar-refractivity contribution in [1.82, 2.24) is 0 Å². The summed E-state index contributed by atoms with van der Waals surface area (Å²) < 4.78 is 0. The predicted molar refractivity (Wildman–Crippen MR) is 61.2 cm³/mol. The first-order valence-electron chi connectivity index (χ1n) is 6.12. The molecular formula is C13H17Br. The third kappa shape index (κ3) is 0.824. The van der Waals surface area contributed by atoms with Gasteiger partial charge in [-0.15, -0.1) is 0 Å².